The van der Waals surface area contributed by atoms with Gasteiger partial charge in [0.2, 0.25) is 5.91 Å². The van der Waals surface area contributed by atoms with Crippen LogP contribution in [0.4, 0.5) is 0 Å². The molecule has 1 saturated heterocycles. The van der Waals surface area contributed by atoms with Gasteiger partial charge < -0.3 is 5.32 Å². The summed E-state index contributed by atoms with van der Waals surface area (Å²) in [5, 5.41) is 2.98. The Morgan fingerprint density at radius 1 is 1.07 bits per heavy atom. The van der Waals surface area contributed by atoms with Crippen LogP contribution < -0.4 is 5.32 Å². The van der Waals surface area contributed by atoms with Gasteiger partial charge in [-0.3, -0.25) is 4.79 Å². The van der Waals surface area contributed by atoms with Crippen molar-refractivity contribution in [1.29, 1.82) is 0 Å². The summed E-state index contributed by atoms with van der Waals surface area (Å²) in [7, 11) is 0. The predicted molar refractivity (Wildman–Crippen MR) is 56.9 cm³/mol. The number of carbonyl (C=O) groups is 1. The van der Waals surface area contributed by atoms with Crippen molar-refractivity contribution in [3.8, 4) is 0 Å². The quantitative estimate of drug-likeness (QED) is 0.720. The molecule has 1 aliphatic heterocycles. The first kappa shape index (κ1) is 10.0. The lowest BCUT2D eigenvalue weighted by atomic mass is 9.80. The summed E-state index contributed by atoms with van der Waals surface area (Å²) >= 11 is 0. The van der Waals surface area contributed by atoms with Crippen molar-refractivity contribution in [3.63, 3.8) is 0 Å². The second kappa shape index (κ2) is 4.81. The third-order valence-electron chi connectivity index (χ3n) is 3.74. The fourth-order valence-corrected chi connectivity index (χ4v) is 2.89. The molecule has 0 aromatic heterocycles. The molecule has 0 aromatic carbocycles. The van der Waals surface area contributed by atoms with E-state index in [1.807, 2.05) is 0 Å². The minimum Gasteiger partial charge on any atom is -0.356 e. The molecular formula is C12H21NO. The second-order valence-corrected chi connectivity index (χ2v) is 4.87. The fourth-order valence-electron chi connectivity index (χ4n) is 2.89. The molecule has 2 aliphatic rings. The zero-order valence-electron chi connectivity index (χ0n) is 8.93. The Morgan fingerprint density at radius 2 is 1.86 bits per heavy atom. The third-order valence-corrected chi connectivity index (χ3v) is 3.74. The number of carbonyl (C=O) groups excluding carboxylic acids is 1. The van der Waals surface area contributed by atoms with Crippen LogP contribution in [0.5, 0.6) is 0 Å². The van der Waals surface area contributed by atoms with Crippen molar-refractivity contribution in [2.45, 2.75) is 51.4 Å². The number of rotatable bonds is 2. The molecule has 1 heterocycles. The van der Waals surface area contributed by atoms with Crippen molar-refractivity contribution in [2.75, 3.05) is 6.54 Å². The van der Waals surface area contributed by atoms with Crippen molar-refractivity contribution in [3.05, 3.63) is 0 Å². The van der Waals surface area contributed by atoms with E-state index in [1.165, 1.54) is 38.5 Å². The summed E-state index contributed by atoms with van der Waals surface area (Å²) < 4.78 is 0. The van der Waals surface area contributed by atoms with Gasteiger partial charge in [-0.15, -0.1) is 0 Å². The number of hydrogen-bond donors (Lipinski definition) is 1. The maximum Gasteiger partial charge on any atom is 0.223 e. The standard InChI is InChI=1S/C12H21NO/c14-12-11(7-4-8-13-12)9-10-5-2-1-3-6-10/h10-11H,1-9H2,(H,13,14). The molecule has 0 bridgehead atoms. The normalized spacial score (nSPS) is 30.0. The largest absolute Gasteiger partial charge is 0.356 e. The lowest BCUT2D eigenvalue weighted by molar-refractivity contribution is -0.127. The van der Waals surface area contributed by atoms with E-state index in [-0.39, 0.29) is 0 Å². The summed E-state index contributed by atoms with van der Waals surface area (Å²) in [5.74, 6) is 1.51. The Labute approximate surface area is 86.5 Å². The molecule has 0 spiro atoms. The smallest absolute Gasteiger partial charge is 0.223 e. The number of hydrogen-bond acceptors (Lipinski definition) is 1. The highest BCUT2D eigenvalue weighted by Crippen LogP contribution is 2.31. The molecule has 1 unspecified atom stereocenters. The van der Waals surface area contributed by atoms with E-state index in [0.29, 0.717) is 11.8 Å². The van der Waals surface area contributed by atoms with Gasteiger partial charge in [-0.1, -0.05) is 32.1 Å². The minimum atomic E-state index is 0.321. The zero-order chi connectivity index (χ0) is 9.80. The summed E-state index contributed by atoms with van der Waals surface area (Å²) in [5.41, 5.74) is 0. The van der Waals surface area contributed by atoms with Crippen LogP contribution in [-0.4, -0.2) is 12.5 Å². The van der Waals surface area contributed by atoms with Crippen LogP contribution in [-0.2, 0) is 4.79 Å². The number of amides is 1. The highest BCUT2D eigenvalue weighted by atomic mass is 16.1. The van der Waals surface area contributed by atoms with E-state index in [1.54, 1.807) is 0 Å². The maximum atomic E-state index is 11.6. The van der Waals surface area contributed by atoms with E-state index in [0.717, 1.165) is 25.3 Å². The van der Waals surface area contributed by atoms with Crippen LogP contribution in [0.1, 0.15) is 51.4 Å². The fraction of sp³-hybridized carbons (Fsp3) is 0.917. The molecule has 2 rings (SSSR count). The first-order valence-electron chi connectivity index (χ1n) is 6.14. The first-order chi connectivity index (χ1) is 6.86. The molecule has 80 valence electrons. The van der Waals surface area contributed by atoms with Gasteiger partial charge in [0.05, 0.1) is 0 Å². The highest BCUT2D eigenvalue weighted by Gasteiger charge is 2.25. The van der Waals surface area contributed by atoms with Gasteiger partial charge >= 0.3 is 0 Å². The summed E-state index contributed by atoms with van der Waals surface area (Å²) in [4.78, 5) is 11.6. The van der Waals surface area contributed by atoms with Crippen LogP contribution in [0.3, 0.4) is 0 Å². The number of piperidine rings is 1. The Morgan fingerprint density at radius 3 is 2.57 bits per heavy atom. The second-order valence-electron chi connectivity index (χ2n) is 4.87. The molecule has 2 heteroatoms. The third kappa shape index (κ3) is 2.49. The predicted octanol–water partition coefficient (Wildman–Crippen LogP) is 2.48. The molecule has 2 fully saturated rings. The van der Waals surface area contributed by atoms with Crippen LogP contribution in [0, 0.1) is 11.8 Å². The SMILES string of the molecule is O=C1NCCCC1CC1CCCCC1. The van der Waals surface area contributed by atoms with Crippen molar-refractivity contribution in [1.82, 2.24) is 5.32 Å². The molecule has 1 aliphatic carbocycles. The molecule has 0 radical (unpaired) electrons. The van der Waals surface area contributed by atoms with E-state index in [9.17, 15) is 4.79 Å². The van der Waals surface area contributed by atoms with Crippen molar-refractivity contribution in [2.24, 2.45) is 11.8 Å². The van der Waals surface area contributed by atoms with Gasteiger partial charge in [-0.05, 0) is 25.2 Å². The van der Waals surface area contributed by atoms with Gasteiger partial charge in [-0.2, -0.15) is 0 Å². The Kier molecular flexibility index (Phi) is 3.44. The van der Waals surface area contributed by atoms with Crippen molar-refractivity contribution < 1.29 is 4.79 Å². The molecule has 1 saturated carbocycles. The molecule has 1 atom stereocenters. The summed E-state index contributed by atoms with van der Waals surface area (Å²) in [6, 6.07) is 0. The van der Waals surface area contributed by atoms with E-state index in [4.69, 9.17) is 0 Å². The lowest BCUT2D eigenvalue weighted by Gasteiger charge is -2.28. The van der Waals surface area contributed by atoms with Crippen LogP contribution in [0.25, 0.3) is 0 Å². The molecule has 2 nitrogen and oxygen atoms in total. The molecule has 1 amide bonds. The topological polar surface area (TPSA) is 29.1 Å². The highest BCUT2D eigenvalue weighted by molar-refractivity contribution is 5.79. The monoisotopic (exact) mass is 195 g/mol. The van der Waals surface area contributed by atoms with Gasteiger partial charge in [0, 0.05) is 12.5 Å². The van der Waals surface area contributed by atoms with Gasteiger partial charge in [-0.25, -0.2) is 0 Å². The van der Waals surface area contributed by atoms with E-state index >= 15 is 0 Å². The Hall–Kier alpha value is -0.530. The molecule has 0 aromatic rings. The zero-order valence-corrected chi connectivity index (χ0v) is 8.93. The first-order valence-corrected chi connectivity index (χ1v) is 6.14. The molecule has 1 N–H and O–H groups in total. The average molecular weight is 195 g/mol. The Balaban J connectivity index is 1.79. The van der Waals surface area contributed by atoms with Crippen LogP contribution in [0.2, 0.25) is 0 Å². The van der Waals surface area contributed by atoms with E-state index in [2.05, 4.69) is 5.32 Å². The summed E-state index contributed by atoms with van der Waals surface area (Å²) in [6.07, 6.45) is 10.4. The number of nitrogens with one attached hydrogen (secondary N) is 1. The van der Waals surface area contributed by atoms with Gasteiger partial charge in [0.15, 0.2) is 0 Å². The van der Waals surface area contributed by atoms with Crippen molar-refractivity contribution >= 4 is 5.91 Å². The van der Waals surface area contributed by atoms with Crippen LogP contribution in [0.15, 0.2) is 0 Å². The van der Waals surface area contributed by atoms with E-state index < -0.39 is 0 Å². The van der Waals surface area contributed by atoms with Crippen LogP contribution >= 0.6 is 0 Å². The lowest BCUT2D eigenvalue weighted by Crippen LogP contribution is -2.37. The van der Waals surface area contributed by atoms with Gasteiger partial charge in [0.25, 0.3) is 0 Å². The Bertz CT molecular complexity index is 196. The minimum absolute atomic E-state index is 0.321. The van der Waals surface area contributed by atoms with Gasteiger partial charge in [0.1, 0.15) is 0 Å². The molecular weight excluding hydrogens is 174 g/mol. The average Bonchev–Trinajstić information content (AvgIpc) is 2.23. The molecule has 14 heavy (non-hydrogen) atoms. The maximum absolute atomic E-state index is 11.6. The summed E-state index contributed by atoms with van der Waals surface area (Å²) in [6.45, 7) is 0.903.